The van der Waals surface area contributed by atoms with Crippen LogP contribution < -0.4 is 0 Å². The zero-order valence-corrected chi connectivity index (χ0v) is 12.3. The van der Waals surface area contributed by atoms with Gasteiger partial charge in [-0.05, 0) is 19.8 Å². The number of methoxy groups -OCH3 is 1. The minimum atomic E-state index is -0.744. The van der Waals surface area contributed by atoms with Crippen LogP contribution in [0.4, 0.5) is 0 Å². The normalized spacial score (nSPS) is 26.3. The average Bonchev–Trinajstić information content (AvgIpc) is 2.38. The van der Waals surface area contributed by atoms with Gasteiger partial charge < -0.3 is 9.84 Å². The first-order valence-corrected chi connectivity index (χ1v) is 7.16. The van der Waals surface area contributed by atoms with E-state index in [1.54, 1.807) is 7.11 Å². The van der Waals surface area contributed by atoms with Gasteiger partial charge in [-0.3, -0.25) is 4.79 Å². The van der Waals surface area contributed by atoms with Crippen LogP contribution in [-0.2, 0) is 9.53 Å². The second-order valence-corrected chi connectivity index (χ2v) is 5.41. The van der Waals surface area contributed by atoms with Crippen molar-refractivity contribution < 1.29 is 14.6 Å². The van der Waals surface area contributed by atoms with E-state index in [0.717, 1.165) is 31.3 Å². The van der Waals surface area contributed by atoms with Crippen molar-refractivity contribution in [1.29, 1.82) is 0 Å². The molecule has 0 heterocycles. The Morgan fingerprint density at radius 3 is 2.79 bits per heavy atom. The number of carboxylic acid groups (broad SMARTS) is 1. The molecule has 3 heteroatoms. The molecular weight excluding hydrogens is 240 g/mol. The summed E-state index contributed by atoms with van der Waals surface area (Å²) in [6.07, 6.45) is 10.5. The minimum Gasteiger partial charge on any atom is -0.481 e. The third-order valence-electron chi connectivity index (χ3n) is 4.13. The summed E-state index contributed by atoms with van der Waals surface area (Å²) >= 11 is 0. The van der Waals surface area contributed by atoms with Gasteiger partial charge in [0.05, 0.1) is 5.41 Å². The lowest BCUT2D eigenvalue weighted by molar-refractivity contribution is -0.149. The Morgan fingerprint density at radius 1 is 1.47 bits per heavy atom. The van der Waals surface area contributed by atoms with Crippen molar-refractivity contribution in [3.05, 3.63) is 23.8 Å². The Bertz CT molecular complexity index is 357. The van der Waals surface area contributed by atoms with Gasteiger partial charge in [0, 0.05) is 19.6 Å². The first-order valence-electron chi connectivity index (χ1n) is 7.16. The molecule has 0 aromatic carbocycles. The number of ether oxygens (including phenoxy) is 1. The van der Waals surface area contributed by atoms with Gasteiger partial charge in [-0.25, -0.2) is 0 Å². The molecule has 0 radical (unpaired) electrons. The molecule has 1 N–H and O–H groups in total. The summed E-state index contributed by atoms with van der Waals surface area (Å²) in [6.45, 7) is 4.77. The molecule has 0 fully saturated rings. The van der Waals surface area contributed by atoms with E-state index in [9.17, 15) is 9.90 Å². The maximum Gasteiger partial charge on any atom is 0.314 e. The van der Waals surface area contributed by atoms with Gasteiger partial charge in [0.2, 0.25) is 0 Å². The molecule has 1 aliphatic rings. The Balaban J connectivity index is 2.93. The standard InChI is InChI=1S/C16H26O3/c1-4-5-6-10-16(15(17)18)11-7-8-13(2)14(16)9-12-19-3/h7-8,11,14H,4-6,9-10,12H2,1-3H3,(H,17,18). The second kappa shape index (κ2) is 7.49. The van der Waals surface area contributed by atoms with Gasteiger partial charge in [0.25, 0.3) is 0 Å². The fraction of sp³-hybridized carbons (Fsp3) is 0.688. The lowest BCUT2D eigenvalue weighted by Crippen LogP contribution is -2.39. The third-order valence-corrected chi connectivity index (χ3v) is 4.13. The van der Waals surface area contributed by atoms with Gasteiger partial charge in [-0.1, -0.05) is 50.0 Å². The number of hydrogen-bond acceptors (Lipinski definition) is 2. The quantitative estimate of drug-likeness (QED) is 0.680. The molecule has 108 valence electrons. The molecular formula is C16H26O3. The van der Waals surface area contributed by atoms with Crippen LogP contribution in [0, 0.1) is 11.3 Å². The molecule has 0 aromatic rings. The largest absolute Gasteiger partial charge is 0.481 e. The van der Waals surface area contributed by atoms with E-state index in [1.807, 2.05) is 25.2 Å². The van der Waals surface area contributed by atoms with E-state index in [4.69, 9.17) is 4.74 Å². The second-order valence-electron chi connectivity index (χ2n) is 5.41. The van der Waals surface area contributed by atoms with Crippen molar-refractivity contribution >= 4 is 5.97 Å². The molecule has 1 rings (SSSR count). The van der Waals surface area contributed by atoms with Crippen LogP contribution in [0.5, 0.6) is 0 Å². The van der Waals surface area contributed by atoms with Crippen LogP contribution in [0.3, 0.4) is 0 Å². The molecule has 0 aliphatic heterocycles. The number of carboxylic acids is 1. The number of aliphatic carboxylic acids is 1. The van der Waals surface area contributed by atoms with Crippen LogP contribution >= 0.6 is 0 Å². The highest BCUT2D eigenvalue weighted by Crippen LogP contribution is 2.44. The van der Waals surface area contributed by atoms with Crippen LogP contribution in [0.15, 0.2) is 23.8 Å². The number of unbranched alkanes of at least 4 members (excludes halogenated alkanes) is 2. The van der Waals surface area contributed by atoms with Crippen molar-refractivity contribution in [2.75, 3.05) is 13.7 Å². The first-order chi connectivity index (χ1) is 9.08. The van der Waals surface area contributed by atoms with E-state index < -0.39 is 11.4 Å². The number of hydrogen-bond donors (Lipinski definition) is 1. The fourth-order valence-corrected chi connectivity index (χ4v) is 2.98. The van der Waals surface area contributed by atoms with Crippen LogP contribution in [0.25, 0.3) is 0 Å². The predicted molar refractivity (Wildman–Crippen MR) is 77.1 cm³/mol. The van der Waals surface area contributed by atoms with Crippen LogP contribution in [-0.4, -0.2) is 24.8 Å². The summed E-state index contributed by atoms with van der Waals surface area (Å²) in [5.41, 5.74) is 0.408. The highest BCUT2D eigenvalue weighted by Gasteiger charge is 2.44. The summed E-state index contributed by atoms with van der Waals surface area (Å²) in [5.74, 6) is -0.653. The molecule has 0 spiro atoms. The highest BCUT2D eigenvalue weighted by molar-refractivity contribution is 5.78. The first kappa shape index (κ1) is 16.0. The zero-order chi connectivity index (χ0) is 14.3. The van der Waals surface area contributed by atoms with Crippen molar-refractivity contribution in [2.24, 2.45) is 11.3 Å². The Kier molecular flexibility index (Phi) is 6.29. The smallest absolute Gasteiger partial charge is 0.314 e. The van der Waals surface area contributed by atoms with Gasteiger partial charge in [0.15, 0.2) is 0 Å². The average molecular weight is 266 g/mol. The number of carbonyl (C=O) groups is 1. The monoisotopic (exact) mass is 266 g/mol. The van der Waals surface area contributed by atoms with Crippen molar-refractivity contribution in [2.45, 2.75) is 46.0 Å². The van der Waals surface area contributed by atoms with Gasteiger partial charge in [-0.2, -0.15) is 0 Å². The number of allylic oxidation sites excluding steroid dienone is 3. The topological polar surface area (TPSA) is 46.5 Å². The maximum atomic E-state index is 11.9. The maximum absolute atomic E-state index is 11.9. The van der Waals surface area contributed by atoms with Gasteiger partial charge in [0.1, 0.15) is 0 Å². The molecule has 0 bridgehead atoms. The molecule has 0 saturated heterocycles. The molecule has 0 saturated carbocycles. The fourth-order valence-electron chi connectivity index (χ4n) is 2.98. The summed E-state index contributed by atoms with van der Waals surface area (Å²) < 4.78 is 5.15. The summed E-state index contributed by atoms with van der Waals surface area (Å²) in [5, 5.41) is 9.76. The molecule has 1 aliphatic carbocycles. The third kappa shape index (κ3) is 3.69. The Labute approximate surface area is 116 Å². The van der Waals surface area contributed by atoms with E-state index in [1.165, 1.54) is 0 Å². The lowest BCUT2D eigenvalue weighted by atomic mass is 9.65. The van der Waals surface area contributed by atoms with Crippen molar-refractivity contribution in [3.8, 4) is 0 Å². The molecule has 3 nitrogen and oxygen atoms in total. The number of rotatable bonds is 8. The van der Waals surface area contributed by atoms with E-state index in [-0.39, 0.29) is 5.92 Å². The molecule has 19 heavy (non-hydrogen) atoms. The zero-order valence-electron chi connectivity index (χ0n) is 12.3. The van der Waals surface area contributed by atoms with E-state index in [0.29, 0.717) is 13.0 Å². The molecule has 0 aromatic heterocycles. The SMILES string of the molecule is CCCCCC1(C(=O)O)C=CC=C(C)C1CCOC. The minimum absolute atomic E-state index is 0.0480. The molecule has 2 unspecified atom stereocenters. The molecule has 0 amide bonds. The Morgan fingerprint density at radius 2 is 2.21 bits per heavy atom. The lowest BCUT2D eigenvalue weighted by Gasteiger charge is -2.37. The van der Waals surface area contributed by atoms with E-state index in [2.05, 4.69) is 6.92 Å². The van der Waals surface area contributed by atoms with Crippen molar-refractivity contribution in [1.82, 2.24) is 0 Å². The Hall–Kier alpha value is -1.09. The summed E-state index contributed by atoms with van der Waals surface area (Å²) in [4.78, 5) is 11.9. The molecule has 2 atom stereocenters. The van der Waals surface area contributed by atoms with Gasteiger partial charge in [-0.15, -0.1) is 0 Å². The highest BCUT2D eigenvalue weighted by atomic mass is 16.5. The van der Waals surface area contributed by atoms with Crippen molar-refractivity contribution in [3.63, 3.8) is 0 Å². The summed E-state index contributed by atoms with van der Waals surface area (Å²) in [6, 6.07) is 0. The van der Waals surface area contributed by atoms with E-state index >= 15 is 0 Å². The van der Waals surface area contributed by atoms with Crippen LogP contribution in [0.2, 0.25) is 0 Å². The van der Waals surface area contributed by atoms with Crippen LogP contribution in [0.1, 0.15) is 46.0 Å². The van der Waals surface area contributed by atoms with Gasteiger partial charge >= 0.3 is 5.97 Å². The summed E-state index contributed by atoms with van der Waals surface area (Å²) in [7, 11) is 1.66. The predicted octanol–water partition coefficient (Wildman–Crippen LogP) is 3.81.